The monoisotopic (exact) mass is 277 g/mol. The summed E-state index contributed by atoms with van der Waals surface area (Å²) in [5.41, 5.74) is 1.11. The van der Waals surface area contributed by atoms with E-state index in [4.69, 9.17) is 0 Å². The van der Waals surface area contributed by atoms with Crippen LogP contribution in [0.5, 0.6) is 0 Å². The van der Waals surface area contributed by atoms with Gasteiger partial charge in [0.15, 0.2) is 0 Å². The molecule has 2 unspecified atom stereocenters. The van der Waals surface area contributed by atoms with Gasteiger partial charge >= 0.3 is 0 Å². The number of aromatic nitrogens is 2. The van der Waals surface area contributed by atoms with Gasteiger partial charge in [0, 0.05) is 30.9 Å². The summed E-state index contributed by atoms with van der Waals surface area (Å²) in [6, 6.07) is 0.499. The Morgan fingerprint density at radius 3 is 2.95 bits per heavy atom. The summed E-state index contributed by atoms with van der Waals surface area (Å²) in [5, 5.41) is 6.87. The van der Waals surface area contributed by atoms with Gasteiger partial charge in [0.25, 0.3) is 0 Å². The first-order valence-corrected chi connectivity index (χ1v) is 7.62. The Kier molecular flexibility index (Phi) is 5.17. The highest BCUT2D eigenvalue weighted by atomic mass is 15.2. The molecule has 0 spiro atoms. The van der Waals surface area contributed by atoms with Crippen molar-refractivity contribution in [1.82, 2.24) is 14.9 Å². The molecule has 1 aliphatic rings. The van der Waals surface area contributed by atoms with Crippen molar-refractivity contribution in [2.45, 2.75) is 39.7 Å². The molecule has 0 aromatic carbocycles. The summed E-state index contributed by atoms with van der Waals surface area (Å²) in [6.07, 6.45) is 4.14. The largest absolute Gasteiger partial charge is 0.367 e. The summed E-state index contributed by atoms with van der Waals surface area (Å²) in [7, 11) is 2.19. The maximum absolute atomic E-state index is 4.61. The zero-order chi connectivity index (χ0) is 14.5. The Morgan fingerprint density at radius 2 is 2.25 bits per heavy atom. The molecule has 2 heterocycles. The smallest absolute Gasteiger partial charge is 0.224 e. The van der Waals surface area contributed by atoms with Gasteiger partial charge in [-0.25, -0.2) is 4.98 Å². The van der Waals surface area contributed by atoms with Gasteiger partial charge in [-0.15, -0.1) is 0 Å². The maximum Gasteiger partial charge on any atom is 0.224 e. The molecular formula is C15H27N5. The van der Waals surface area contributed by atoms with Gasteiger partial charge in [-0.05, 0) is 39.3 Å². The normalized spacial score (nSPS) is 23.6. The number of hydrogen-bond donors (Lipinski definition) is 2. The van der Waals surface area contributed by atoms with Gasteiger partial charge in [-0.1, -0.05) is 13.8 Å². The van der Waals surface area contributed by atoms with Crippen molar-refractivity contribution in [3.05, 3.63) is 11.8 Å². The van der Waals surface area contributed by atoms with E-state index < -0.39 is 0 Å². The quantitative estimate of drug-likeness (QED) is 0.865. The topological polar surface area (TPSA) is 53.1 Å². The maximum atomic E-state index is 4.61. The van der Waals surface area contributed by atoms with Crippen LogP contribution in [0.2, 0.25) is 0 Å². The molecule has 0 bridgehead atoms. The fourth-order valence-corrected chi connectivity index (χ4v) is 2.65. The SMILES string of the molecule is CCCNc1ncc(C)c(NC2CCN(C)CC2C)n1. The van der Waals surface area contributed by atoms with Crippen molar-refractivity contribution >= 4 is 11.8 Å². The Labute approximate surface area is 122 Å². The van der Waals surface area contributed by atoms with Crippen molar-refractivity contribution in [3.63, 3.8) is 0 Å². The lowest BCUT2D eigenvalue weighted by molar-refractivity contribution is 0.206. The number of anilines is 2. The van der Waals surface area contributed by atoms with Gasteiger partial charge in [-0.3, -0.25) is 0 Å². The van der Waals surface area contributed by atoms with E-state index in [9.17, 15) is 0 Å². The van der Waals surface area contributed by atoms with Crippen LogP contribution in [0, 0.1) is 12.8 Å². The molecular weight excluding hydrogens is 250 g/mol. The number of rotatable bonds is 5. The molecule has 1 saturated heterocycles. The number of aryl methyl sites for hydroxylation is 1. The van der Waals surface area contributed by atoms with Crippen molar-refractivity contribution in [2.75, 3.05) is 37.3 Å². The van der Waals surface area contributed by atoms with Gasteiger partial charge in [0.1, 0.15) is 5.82 Å². The lowest BCUT2D eigenvalue weighted by Crippen LogP contribution is -2.43. The van der Waals surface area contributed by atoms with Gasteiger partial charge in [-0.2, -0.15) is 4.98 Å². The number of nitrogens with one attached hydrogen (secondary N) is 2. The Balaban J connectivity index is 2.04. The molecule has 0 radical (unpaired) electrons. The van der Waals surface area contributed by atoms with E-state index >= 15 is 0 Å². The molecule has 0 amide bonds. The molecule has 1 fully saturated rings. The Hall–Kier alpha value is -1.36. The molecule has 2 N–H and O–H groups in total. The third-order valence-electron chi connectivity index (χ3n) is 3.94. The van der Waals surface area contributed by atoms with Crippen molar-refractivity contribution in [1.29, 1.82) is 0 Å². The number of nitrogens with zero attached hydrogens (tertiary/aromatic N) is 3. The van der Waals surface area contributed by atoms with E-state index in [0.29, 0.717) is 12.0 Å². The van der Waals surface area contributed by atoms with Gasteiger partial charge in [0.05, 0.1) is 0 Å². The zero-order valence-electron chi connectivity index (χ0n) is 13.1. The summed E-state index contributed by atoms with van der Waals surface area (Å²) >= 11 is 0. The number of likely N-dealkylation sites (tertiary alicyclic amines) is 1. The molecule has 0 aliphatic carbocycles. The van der Waals surface area contributed by atoms with Crippen LogP contribution in [0.4, 0.5) is 11.8 Å². The average molecular weight is 277 g/mol. The van der Waals surface area contributed by atoms with E-state index in [-0.39, 0.29) is 0 Å². The second-order valence-electron chi connectivity index (χ2n) is 5.93. The van der Waals surface area contributed by atoms with Crippen LogP contribution in [0.15, 0.2) is 6.20 Å². The summed E-state index contributed by atoms with van der Waals surface area (Å²) in [6.45, 7) is 9.70. The van der Waals surface area contributed by atoms with Crippen LogP contribution in [0.1, 0.15) is 32.3 Å². The lowest BCUT2D eigenvalue weighted by atomic mass is 9.94. The minimum Gasteiger partial charge on any atom is -0.367 e. The van der Waals surface area contributed by atoms with Crippen LogP contribution < -0.4 is 10.6 Å². The molecule has 5 heteroatoms. The van der Waals surface area contributed by atoms with Crippen LogP contribution in [-0.4, -0.2) is 47.6 Å². The molecule has 5 nitrogen and oxygen atoms in total. The van der Waals surface area contributed by atoms with Crippen LogP contribution in [0.3, 0.4) is 0 Å². The first kappa shape index (κ1) is 15.0. The lowest BCUT2D eigenvalue weighted by Gasteiger charge is -2.35. The number of hydrogen-bond acceptors (Lipinski definition) is 5. The zero-order valence-corrected chi connectivity index (χ0v) is 13.1. The van der Waals surface area contributed by atoms with Crippen molar-refractivity contribution in [2.24, 2.45) is 5.92 Å². The second kappa shape index (κ2) is 6.88. The highest BCUT2D eigenvalue weighted by molar-refractivity contribution is 5.47. The molecule has 0 saturated carbocycles. The third-order valence-corrected chi connectivity index (χ3v) is 3.94. The van der Waals surface area contributed by atoms with Crippen LogP contribution >= 0.6 is 0 Å². The van der Waals surface area contributed by atoms with E-state index in [0.717, 1.165) is 43.4 Å². The molecule has 1 aliphatic heterocycles. The van der Waals surface area contributed by atoms with E-state index in [2.05, 4.69) is 53.3 Å². The minimum atomic E-state index is 0.499. The molecule has 20 heavy (non-hydrogen) atoms. The second-order valence-corrected chi connectivity index (χ2v) is 5.93. The fraction of sp³-hybridized carbons (Fsp3) is 0.733. The molecule has 2 atom stereocenters. The van der Waals surface area contributed by atoms with Crippen molar-refractivity contribution < 1.29 is 0 Å². The van der Waals surface area contributed by atoms with Gasteiger partial charge in [0.2, 0.25) is 5.95 Å². The Bertz CT molecular complexity index is 434. The van der Waals surface area contributed by atoms with E-state index in [1.165, 1.54) is 6.42 Å². The number of piperidine rings is 1. The van der Waals surface area contributed by atoms with E-state index in [1.807, 2.05) is 6.20 Å². The average Bonchev–Trinajstić information content (AvgIpc) is 2.42. The standard InChI is InChI=1S/C15H27N5/c1-5-7-16-15-17-9-11(2)14(19-15)18-13-6-8-20(4)10-12(13)3/h9,12-13H,5-8,10H2,1-4H3,(H2,16,17,18,19). The van der Waals surface area contributed by atoms with E-state index in [1.54, 1.807) is 0 Å². The summed E-state index contributed by atoms with van der Waals surface area (Å²) in [4.78, 5) is 11.3. The molecule has 2 rings (SSSR count). The third kappa shape index (κ3) is 3.82. The highest BCUT2D eigenvalue weighted by Crippen LogP contribution is 2.21. The summed E-state index contributed by atoms with van der Waals surface area (Å²) in [5.74, 6) is 2.33. The molecule has 112 valence electrons. The Morgan fingerprint density at radius 1 is 1.45 bits per heavy atom. The summed E-state index contributed by atoms with van der Waals surface area (Å²) < 4.78 is 0. The van der Waals surface area contributed by atoms with Gasteiger partial charge < -0.3 is 15.5 Å². The highest BCUT2D eigenvalue weighted by Gasteiger charge is 2.24. The predicted octanol–water partition coefficient (Wildman–Crippen LogP) is 2.36. The van der Waals surface area contributed by atoms with Crippen molar-refractivity contribution in [3.8, 4) is 0 Å². The fourth-order valence-electron chi connectivity index (χ4n) is 2.65. The first-order chi connectivity index (χ1) is 9.60. The molecule has 1 aromatic heterocycles. The van der Waals surface area contributed by atoms with Crippen LogP contribution in [0.25, 0.3) is 0 Å². The predicted molar refractivity (Wildman–Crippen MR) is 84.2 cm³/mol. The molecule has 1 aromatic rings. The first-order valence-electron chi connectivity index (χ1n) is 7.62. The van der Waals surface area contributed by atoms with Crippen LogP contribution in [-0.2, 0) is 0 Å². The minimum absolute atomic E-state index is 0.499.